The molecule has 0 amide bonds. The van der Waals surface area contributed by atoms with Crippen molar-refractivity contribution in [2.75, 3.05) is 5.75 Å². The van der Waals surface area contributed by atoms with Gasteiger partial charge in [-0.2, -0.15) is 8.42 Å². The minimum Gasteiger partial charge on any atom is -0.299 e. The summed E-state index contributed by atoms with van der Waals surface area (Å²) in [6.45, 7) is 8.16. The molecule has 0 radical (unpaired) electrons. The highest BCUT2D eigenvalue weighted by molar-refractivity contribution is 14.1. The number of rotatable bonds is 2. The number of ketones is 1. The van der Waals surface area contributed by atoms with E-state index in [0.29, 0.717) is 12.8 Å². The quantitative estimate of drug-likeness (QED) is 0.527. The van der Waals surface area contributed by atoms with E-state index < -0.39 is 21.3 Å². The maximum absolute atomic E-state index is 11.9. The zero-order valence-electron chi connectivity index (χ0n) is 14.6. The van der Waals surface area contributed by atoms with E-state index in [-0.39, 0.29) is 17.1 Å². The summed E-state index contributed by atoms with van der Waals surface area (Å²) < 4.78 is 32.3. The molecule has 0 spiro atoms. The third kappa shape index (κ3) is 3.70. The molecule has 1 aromatic carbocycles. The molecule has 2 saturated carbocycles. The van der Waals surface area contributed by atoms with Crippen molar-refractivity contribution in [3.05, 3.63) is 32.9 Å². The van der Waals surface area contributed by atoms with Gasteiger partial charge in [0.2, 0.25) is 0 Å². The monoisotopic (exact) mass is 464 g/mol. The van der Waals surface area contributed by atoms with Gasteiger partial charge in [0.15, 0.2) is 0 Å². The number of benzene rings is 1. The minimum absolute atomic E-state index is 0.0152. The van der Waals surface area contributed by atoms with E-state index in [4.69, 9.17) is 4.55 Å². The molecule has 6 heteroatoms. The summed E-state index contributed by atoms with van der Waals surface area (Å²) in [4.78, 5) is 11.9. The number of carbonyl (C=O) groups excluding carboxylic acids is 1. The van der Waals surface area contributed by atoms with E-state index >= 15 is 0 Å². The second-order valence-corrected chi connectivity index (χ2v) is 10.3. The summed E-state index contributed by atoms with van der Waals surface area (Å²) in [5.74, 6) is -0.101. The van der Waals surface area contributed by atoms with E-state index in [1.807, 2.05) is 13.8 Å². The van der Waals surface area contributed by atoms with Crippen molar-refractivity contribution in [1.29, 1.82) is 0 Å². The van der Waals surface area contributed by atoms with Crippen LogP contribution in [0.5, 0.6) is 0 Å². The van der Waals surface area contributed by atoms with E-state index in [2.05, 4.69) is 54.6 Å². The lowest BCUT2D eigenvalue weighted by Crippen LogP contribution is -2.42. The molecule has 2 unspecified atom stereocenters. The zero-order valence-corrected chi connectivity index (χ0v) is 17.6. The van der Waals surface area contributed by atoms with Crippen LogP contribution in [0, 0.1) is 34.2 Å². The number of carbonyl (C=O) groups is 1. The van der Waals surface area contributed by atoms with Gasteiger partial charge >= 0.3 is 0 Å². The summed E-state index contributed by atoms with van der Waals surface area (Å²) in [6.07, 6.45) is 1.97. The Morgan fingerprint density at radius 1 is 1.25 bits per heavy atom. The van der Waals surface area contributed by atoms with Crippen LogP contribution in [0.15, 0.2) is 18.2 Å². The van der Waals surface area contributed by atoms with Gasteiger partial charge in [-0.15, -0.1) is 0 Å². The molecule has 4 nitrogen and oxygen atoms in total. The largest absolute Gasteiger partial charge is 0.299 e. The Kier molecular flexibility index (Phi) is 5.53. The second kappa shape index (κ2) is 6.68. The molecule has 2 bridgehead atoms. The van der Waals surface area contributed by atoms with Gasteiger partial charge in [0.25, 0.3) is 10.1 Å². The summed E-state index contributed by atoms with van der Waals surface area (Å²) in [5.41, 5.74) is 1.63. The Balaban J connectivity index is 0.000000198. The third-order valence-electron chi connectivity index (χ3n) is 6.04. The van der Waals surface area contributed by atoms with Crippen LogP contribution in [0.1, 0.15) is 44.2 Å². The van der Waals surface area contributed by atoms with Crippen LogP contribution in [0.3, 0.4) is 0 Å². The van der Waals surface area contributed by atoms with E-state index in [1.165, 1.54) is 14.7 Å². The molecule has 134 valence electrons. The summed E-state index contributed by atoms with van der Waals surface area (Å²) in [5, 5.41) is 0. The molecule has 2 aliphatic carbocycles. The van der Waals surface area contributed by atoms with Gasteiger partial charge in [-0.1, -0.05) is 19.9 Å². The maximum Gasteiger partial charge on any atom is 0.265 e. The minimum atomic E-state index is -4.08. The van der Waals surface area contributed by atoms with Crippen molar-refractivity contribution in [3.8, 4) is 0 Å². The van der Waals surface area contributed by atoms with Crippen molar-refractivity contribution >= 4 is 38.5 Å². The van der Waals surface area contributed by atoms with Crippen LogP contribution < -0.4 is 0 Å². The second-order valence-electron chi connectivity index (χ2n) is 7.62. The summed E-state index contributed by atoms with van der Waals surface area (Å²) in [7, 11) is -4.08. The number of hydrogen-bond acceptors (Lipinski definition) is 3. The van der Waals surface area contributed by atoms with Crippen molar-refractivity contribution in [1.82, 2.24) is 0 Å². The number of halogens is 1. The zero-order chi connectivity index (χ0) is 18.3. The van der Waals surface area contributed by atoms with Gasteiger partial charge in [0.1, 0.15) is 5.78 Å². The molecule has 0 aromatic heterocycles. The van der Waals surface area contributed by atoms with Crippen molar-refractivity contribution in [3.63, 3.8) is 0 Å². The molecule has 24 heavy (non-hydrogen) atoms. The SMILES string of the molecule is CC1(C)C2CCC1(CS(=O)(=O)O)C(=O)C2.Cc1ccc(I)cc1C. The highest BCUT2D eigenvalue weighted by atomic mass is 127. The van der Waals surface area contributed by atoms with Gasteiger partial charge < -0.3 is 0 Å². The van der Waals surface area contributed by atoms with Gasteiger partial charge in [-0.25, -0.2) is 0 Å². The van der Waals surface area contributed by atoms with E-state index in [9.17, 15) is 13.2 Å². The van der Waals surface area contributed by atoms with Crippen LogP contribution in [0.4, 0.5) is 0 Å². The first-order chi connectivity index (χ1) is 10.9. The molecular formula is C18H25IO4S. The van der Waals surface area contributed by atoms with Crippen LogP contribution in [0.2, 0.25) is 0 Å². The number of fused-ring (bicyclic) bond motifs is 2. The average molecular weight is 464 g/mol. The van der Waals surface area contributed by atoms with Crippen molar-refractivity contribution in [2.24, 2.45) is 16.7 Å². The maximum atomic E-state index is 11.9. The fourth-order valence-electron chi connectivity index (χ4n) is 4.12. The van der Waals surface area contributed by atoms with Crippen LogP contribution in [0.25, 0.3) is 0 Å². The fraction of sp³-hybridized carbons (Fsp3) is 0.611. The smallest absolute Gasteiger partial charge is 0.265 e. The molecular weight excluding hydrogens is 439 g/mol. The van der Waals surface area contributed by atoms with E-state index in [0.717, 1.165) is 6.42 Å². The average Bonchev–Trinajstić information content (AvgIpc) is 2.76. The van der Waals surface area contributed by atoms with Gasteiger partial charge in [0.05, 0.1) is 11.2 Å². The Morgan fingerprint density at radius 2 is 1.88 bits per heavy atom. The predicted molar refractivity (Wildman–Crippen MR) is 104 cm³/mol. The standard InChI is InChI=1S/C10H16O4S.C8H9I/c1-9(2)7-3-4-10(9,8(11)5-7)6-15(12,13)14;1-6-3-4-8(9)5-7(6)2/h7H,3-6H2,1-2H3,(H,12,13,14);3-5H,1-2H3. The predicted octanol–water partition coefficient (Wildman–Crippen LogP) is 4.18. The topological polar surface area (TPSA) is 71.4 Å². The molecule has 0 aliphatic heterocycles. The highest BCUT2D eigenvalue weighted by Gasteiger charge is 2.65. The normalized spacial score (nSPS) is 27.8. The molecule has 0 heterocycles. The molecule has 2 aliphatic rings. The first kappa shape index (κ1) is 19.8. The molecule has 1 aromatic rings. The lowest BCUT2D eigenvalue weighted by molar-refractivity contribution is -0.128. The fourth-order valence-corrected chi connectivity index (χ4v) is 6.07. The Bertz CT molecular complexity index is 754. The van der Waals surface area contributed by atoms with Gasteiger partial charge in [-0.05, 0) is 83.9 Å². The Hall–Kier alpha value is -0.470. The molecule has 0 saturated heterocycles. The Morgan fingerprint density at radius 3 is 2.25 bits per heavy atom. The molecule has 3 rings (SSSR count). The van der Waals surface area contributed by atoms with Crippen molar-refractivity contribution < 1.29 is 17.8 Å². The number of aryl methyl sites for hydroxylation is 2. The first-order valence-electron chi connectivity index (χ1n) is 8.10. The van der Waals surface area contributed by atoms with E-state index in [1.54, 1.807) is 0 Å². The van der Waals surface area contributed by atoms with Crippen LogP contribution in [-0.4, -0.2) is 24.5 Å². The molecule has 1 N–H and O–H groups in total. The molecule has 2 fully saturated rings. The van der Waals surface area contributed by atoms with Gasteiger partial charge in [-0.3, -0.25) is 9.35 Å². The van der Waals surface area contributed by atoms with Crippen LogP contribution >= 0.6 is 22.6 Å². The van der Waals surface area contributed by atoms with Gasteiger partial charge in [0, 0.05) is 9.99 Å². The first-order valence-corrected chi connectivity index (χ1v) is 10.8. The van der Waals surface area contributed by atoms with Crippen molar-refractivity contribution in [2.45, 2.75) is 47.0 Å². The number of Topliss-reactive ketones (excluding diaryl/α,β-unsaturated/α-hetero) is 1. The molecule has 2 atom stereocenters. The number of hydrogen-bond donors (Lipinski definition) is 1. The summed E-state index contributed by atoms with van der Waals surface area (Å²) >= 11 is 2.32. The van der Waals surface area contributed by atoms with Crippen LogP contribution in [-0.2, 0) is 14.9 Å². The highest BCUT2D eigenvalue weighted by Crippen LogP contribution is 2.64. The lowest BCUT2D eigenvalue weighted by Gasteiger charge is -2.35. The third-order valence-corrected chi connectivity index (χ3v) is 7.57. The lowest BCUT2D eigenvalue weighted by atomic mass is 9.70. The Labute approximate surface area is 158 Å². The summed E-state index contributed by atoms with van der Waals surface area (Å²) in [6, 6.07) is 6.47.